The molecule has 0 atom stereocenters. The summed E-state index contributed by atoms with van der Waals surface area (Å²) in [5, 5.41) is 13.0. The van der Waals surface area contributed by atoms with E-state index in [1.54, 1.807) is 41.5 Å². The van der Waals surface area contributed by atoms with Crippen LogP contribution in [-0.2, 0) is 10.4 Å². The van der Waals surface area contributed by atoms with Gasteiger partial charge in [-0.05, 0) is 42.7 Å². The first-order valence-corrected chi connectivity index (χ1v) is 7.95. The SMILES string of the molecule is O=C(ON1CCC(O)(c2ccc(Cl)cc2)CC1)c1ccccc1. The molecule has 1 saturated heterocycles. The molecule has 0 amide bonds. The summed E-state index contributed by atoms with van der Waals surface area (Å²) in [6.07, 6.45) is 0.993. The number of hydroxylamine groups is 2. The molecule has 4 nitrogen and oxygen atoms in total. The number of carbonyl (C=O) groups is 1. The number of benzene rings is 2. The van der Waals surface area contributed by atoms with Crippen LogP contribution in [0.3, 0.4) is 0 Å². The minimum atomic E-state index is -0.903. The lowest BCUT2D eigenvalue weighted by Gasteiger charge is -2.37. The highest BCUT2D eigenvalue weighted by atomic mass is 35.5. The fraction of sp³-hybridized carbons (Fsp3) is 0.278. The van der Waals surface area contributed by atoms with Gasteiger partial charge in [0.15, 0.2) is 0 Å². The Hall–Kier alpha value is -1.88. The van der Waals surface area contributed by atoms with Crippen molar-refractivity contribution >= 4 is 17.6 Å². The maximum Gasteiger partial charge on any atom is 0.357 e. The van der Waals surface area contributed by atoms with Gasteiger partial charge >= 0.3 is 5.97 Å². The summed E-state index contributed by atoms with van der Waals surface area (Å²) in [6.45, 7) is 0.968. The maximum absolute atomic E-state index is 12.0. The highest BCUT2D eigenvalue weighted by Crippen LogP contribution is 2.33. The van der Waals surface area contributed by atoms with Crippen molar-refractivity contribution in [1.29, 1.82) is 0 Å². The Morgan fingerprint density at radius 3 is 2.26 bits per heavy atom. The molecule has 0 saturated carbocycles. The van der Waals surface area contributed by atoms with E-state index >= 15 is 0 Å². The summed E-state index contributed by atoms with van der Waals surface area (Å²) in [5.41, 5.74) is 0.460. The number of nitrogens with zero attached hydrogens (tertiary/aromatic N) is 1. The molecular formula is C18H18ClNO3. The fourth-order valence-corrected chi connectivity index (χ4v) is 2.87. The van der Waals surface area contributed by atoms with Crippen molar-refractivity contribution in [3.8, 4) is 0 Å². The Morgan fingerprint density at radius 2 is 1.65 bits per heavy atom. The molecule has 0 aromatic heterocycles. The van der Waals surface area contributed by atoms with Crippen molar-refractivity contribution < 1.29 is 14.7 Å². The first-order valence-electron chi connectivity index (χ1n) is 7.58. The highest BCUT2D eigenvalue weighted by Gasteiger charge is 2.35. The average molecular weight is 332 g/mol. The first kappa shape index (κ1) is 16.0. The van der Waals surface area contributed by atoms with Gasteiger partial charge in [0.1, 0.15) is 0 Å². The third-order valence-electron chi connectivity index (χ3n) is 4.15. The molecule has 1 N–H and O–H groups in total. The molecule has 3 rings (SSSR count). The second-order valence-corrected chi connectivity index (χ2v) is 6.15. The van der Waals surface area contributed by atoms with Crippen LogP contribution in [0, 0.1) is 0 Å². The minimum absolute atomic E-state index is 0.373. The topological polar surface area (TPSA) is 49.8 Å². The van der Waals surface area contributed by atoms with Crippen LogP contribution in [0.5, 0.6) is 0 Å². The van der Waals surface area contributed by atoms with Crippen LogP contribution in [0.2, 0.25) is 5.02 Å². The number of piperidine rings is 1. The van der Waals surface area contributed by atoms with Crippen LogP contribution >= 0.6 is 11.6 Å². The molecule has 1 aliphatic heterocycles. The van der Waals surface area contributed by atoms with Crippen LogP contribution in [0.4, 0.5) is 0 Å². The van der Waals surface area contributed by atoms with Gasteiger partial charge in [-0.1, -0.05) is 41.9 Å². The molecule has 0 bridgehead atoms. The molecule has 0 radical (unpaired) electrons. The summed E-state index contributed by atoms with van der Waals surface area (Å²) in [5.74, 6) is -0.373. The highest BCUT2D eigenvalue weighted by molar-refractivity contribution is 6.30. The molecule has 2 aromatic carbocycles. The summed E-state index contributed by atoms with van der Waals surface area (Å²) in [7, 11) is 0. The predicted octanol–water partition coefficient (Wildman–Crippen LogP) is 3.40. The smallest absolute Gasteiger partial charge is 0.357 e. The molecule has 1 heterocycles. The van der Waals surface area contributed by atoms with Gasteiger partial charge in [-0.2, -0.15) is 0 Å². The van der Waals surface area contributed by atoms with Crippen molar-refractivity contribution in [3.63, 3.8) is 0 Å². The second-order valence-electron chi connectivity index (χ2n) is 5.71. The van der Waals surface area contributed by atoms with Crippen molar-refractivity contribution in [2.24, 2.45) is 0 Å². The van der Waals surface area contributed by atoms with E-state index in [4.69, 9.17) is 16.4 Å². The number of aliphatic hydroxyl groups is 1. The van der Waals surface area contributed by atoms with Crippen molar-refractivity contribution in [3.05, 3.63) is 70.7 Å². The number of hydrogen-bond acceptors (Lipinski definition) is 4. The third-order valence-corrected chi connectivity index (χ3v) is 4.40. The van der Waals surface area contributed by atoms with Crippen LogP contribution in [-0.4, -0.2) is 29.2 Å². The molecular weight excluding hydrogens is 314 g/mol. The molecule has 5 heteroatoms. The molecule has 1 fully saturated rings. The standard InChI is InChI=1S/C18H18ClNO3/c19-16-8-6-15(7-9-16)18(22)10-12-20(13-11-18)23-17(21)14-4-2-1-3-5-14/h1-9,22H,10-13H2. The van der Waals surface area contributed by atoms with Gasteiger partial charge in [-0.25, -0.2) is 4.79 Å². The number of hydrogen-bond donors (Lipinski definition) is 1. The van der Waals surface area contributed by atoms with Crippen LogP contribution in [0.15, 0.2) is 54.6 Å². The normalized spacial score (nSPS) is 17.7. The molecule has 2 aromatic rings. The second kappa shape index (κ2) is 6.71. The van der Waals surface area contributed by atoms with Crippen molar-refractivity contribution in [1.82, 2.24) is 5.06 Å². The quantitative estimate of drug-likeness (QED) is 0.936. The van der Waals surface area contributed by atoms with Gasteiger partial charge < -0.3 is 9.94 Å². The predicted molar refractivity (Wildman–Crippen MR) is 88.0 cm³/mol. The van der Waals surface area contributed by atoms with E-state index in [-0.39, 0.29) is 5.97 Å². The van der Waals surface area contributed by atoms with Crippen LogP contribution in [0.1, 0.15) is 28.8 Å². The molecule has 0 spiro atoms. The summed E-state index contributed by atoms with van der Waals surface area (Å²) < 4.78 is 0. The average Bonchev–Trinajstić information content (AvgIpc) is 2.58. The summed E-state index contributed by atoms with van der Waals surface area (Å²) >= 11 is 5.89. The lowest BCUT2D eigenvalue weighted by Crippen LogP contribution is -2.43. The number of carbonyl (C=O) groups excluding carboxylic acids is 1. The lowest BCUT2D eigenvalue weighted by atomic mass is 9.85. The summed E-state index contributed by atoms with van der Waals surface area (Å²) in [4.78, 5) is 17.4. The third kappa shape index (κ3) is 3.72. The van der Waals surface area contributed by atoms with Crippen LogP contribution < -0.4 is 0 Å². The van der Waals surface area contributed by atoms with Gasteiger partial charge in [0, 0.05) is 18.1 Å². The Balaban J connectivity index is 1.60. The zero-order chi connectivity index (χ0) is 16.3. The Labute approximate surface area is 140 Å². The van der Waals surface area contributed by atoms with Gasteiger partial charge in [0.2, 0.25) is 0 Å². The number of rotatable bonds is 3. The van der Waals surface area contributed by atoms with E-state index in [2.05, 4.69) is 0 Å². The van der Waals surface area contributed by atoms with Crippen LogP contribution in [0.25, 0.3) is 0 Å². The van der Waals surface area contributed by atoms with Gasteiger partial charge in [0.25, 0.3) is 0 Å². The van der Waals surface area contributed by atoms with E-state index < -0.39 is 5.60 Å². The van der Waals surface area contributed by atoms with E-state index in [1.807, 2.05) is 18.2 Å². The Morgan fingerprint density at radius 1 is 1.04 bits per heavy atom. The van der Waals surface area contributed by atoms with Crippen molar-refractivity contribution in [2.75, 3.05) is 13.1 Å². The maximum atomic E-state index is 12.0. The zero-order valence-electron chi connectivity index (χ0n) is 12.6. The molecule has 23 heavy (non-hydrogen) atoms. The monoisotopic (exact) mass is 331 g/mol. The molecule has 1 aliphatic rings. The summed E-state index contributed by atoms with van der Waals surface area (Å²) in [6, 6.07) is 16.1. The van der Waals surface area contributed by atoms with Gasteiger partial charge in [0.05, 0.1) is 11.2 Å². The van der Waals surface area contributed by atoms with Gasteiger partial charge in [-0.15, -0.1) is 5.06 Å². The zero-order valence-corrected chi connectivity index (χ0v) is 13.4. The first-order chi connectivity index (χ1) is 11.1. The molecule has 120 valence electrons. The van der Waals surface area contributed by atoms with E-state index in [0.717, 1.165) is 5.56 Å². The van der Waals surface area contributed by atoms with E-state index in [9.17, 15) is 9.90 Å². The largest absolute Gasteiger partial charge is 0.385 e. The molecule has 0 aliphatic carbocycles. The van der Waals surface area contributed by atoms with E-state index in [1.165, 1.54) is 0 Å². The lowest BCUT2D eigenvalue weighted by molar-refractivity contribution is -0.155. The number of halogens is 1. The Bertz CT molecular complexity index is 664. The molecule has 0 unspecified atom stereocenters. The fourth-order valence-electron chi connectivity index (χ4n) is 2.74. The Kier molecular flexibility index (Phi) is 4.66. The van der Waals surface area contributed by atoms with Gasteiger partial charge in [-0.3, -0.25) is 0 Å². The van der Waals surface area contributed by atoms with E-state index in [0.29, 0.717) is 36.5 Å². The minimum Gasteiger partial charge on any atom is -0.385 e. The van der Waals surface area contributed by atoms with Crippen molar-refractivity contribution in [2.45, 2.75) is 18.4 Å².